The Morgan fingerprint density at radius 3 is 2.78 bits per heavy atom. The molecule has 27 heavy (non-hydrogen) atoms. The number of nitrogens with zero attached hydrogens (tertiary/aromatic N) is 3. The minimum Gasteiger partial charge on any atom is -0.360 e. The van der Waals surface area contributed by atoms with Crippen molar-refractivity contribution < 1.29 is 13.7 Å². The SMILES string of the molecule is Cc1onc(-c2ccc(F)cc2)c1C(=O)NCc1cn2cc(Br)ccc2n1. The Balaban J connectivity index is 1.56. The normalized spacial score (nSPS) is 11.1. The molecule has 0 spiro atoms. The van der Waals surface area contributed by atoms with Gasteiger partial charge in [0.25, 0.3) is 5.91 Å². The molecule has 0 radical (unpaired) electrons. The van der Waals surface area contributed by atoms with Crippen molar-refractivity contribution in [1.29, 1.82) is 0 Å². The lowest BCUT2D eigenvalue weighted by Gasteiger charge is -2.04. The molecule has 0 bridgehead atoms. The molecule has 1 N–H and O–H groups in total. The van der Waals surface area contributed by atoms with Crippen molar-refractivity contribution in [2.24, 2.45) is 0 Å². The molecule has 0 atom stereocenters. The number of hydrogen-bond donors (Lipinski definition) is 1. The van der Waals surface area contributed by atoms with E-state index in [2.05, 4.69) is 31.4 Å². The fourth-order valence-corrected chi connectivity index (χ4v) is 3.16. The first kappa shape index (κ1) is 17.4. The highest BCUT2D eigenvalue weighted by molar-refractivity contribution is 9.10. The van der Waals surface area contributed by atoms with E-state index in [1.54, 1.807) is 19.1 Å². The van der Waals surface area contributed by atoms with Crippen LogP contribution in [0.1, 0.15) is 21.8 Å². The number of aromatic nitrogens is 3. The van der Waals surface area contributed by atoms with Crippen molar-refractivity contribution in [1.82, 2.24) is 19.9 Å². The van der Waals surface area contributed by atoms with Crippen molar-refractivity contribution in [3.63, 3.8) is 0 Å². The Morgan fingerprint density at radius 2 is 2.00 bits per heavy atom. The maximum atomic E-state index is 13.2. The van der Waals surface area contributed by atoms with Gasteiger partial charge in [-0.3, -0.25) is 4.79 Å². The first-order chi connectivity index (χ1) is 13.0. The van der Waals surface area contributed by atoms with Crippen LogP contribution in [0.25, 0.3) is 16.9 Å². The van der Waals surface area contributed by atoms with Gasteiger partial charge in [0.1, 0.15) is 28.5 Å². The van der Waals surface area contributed by atoms with Crippen LogP contribution < -0.4 is 5.32 Å². The van der Waals surface area contributed by atoms with Crippen LogP contribution in [0.5, 0.6) is 0 Å². The molecular weight excluding hydrogens is 415 g/mol. The van der Waals surface area contributed by atoms with E-state index in [1.165, 1.54) is 12.1 Å². The van der Waals surface area contributed by atoms with Gasteiger partial charge in [-0.1, -0.05) is 5.16 Å². The lowest BCUT2D eigenvalue weighted by atomic mass is 10.1. The first-order valence-electron chi connectivity index (χ1n) is 8.15. The Labute approximate surface area is 162 Å². The number of carbonyl (C=O) groups is 1. The number of hydrogen-bond acceptors (Lipinski definition) is 4. The summed E-state index contributed by atoms with van der Waals surface area (Å²) in [4.78, 5) is 17.2. The molecule has 3 aromatic heterocycles. The molecule has 136 valence electrons. The molecule has 0 saturated carbocycles. The number of halogens is 2. The molecule has 0 aliphatic heterocycles. The molecule has 1 amide bonds. The molecule has 0 fully saturated rings. The molecule has 0 aliphatic carbocycles. The van der Waals surface area contributed by atoms with Crippen molar-refractivity contribution in [3.05, 3.63) is 76.1 Å². The Morgan fingerprint density at radius 1 is 1.22 bits per heavy atom. The summed E-state index contributed by atoms with van der Waals surface area (Å²) in [6.07, 6.45) is 3.74. The number of pyridine rings is 1. The minimum atomic E-state index is -0.358. The van der Waals surface area contributed by atoms with Gasteiger partial charge in [-0.25, -0.2) is 9.37 Å². The van der Waals surface area contributed by atoms with Crippen LogP contribution >= 0.6 is 15.9 Å². The number of nitrogens with one attached hydrogen (secondary N) is 1. The van der Waals surface area contributed by atoms with Crippen LogP contribution in [-0.2, 0) is 6.54 Å². The molecule has 8 heteroatoms. The number of rotatable bonds is 4. The topological polar surface area (TPSA) is 72.4 Å². The van der Waals surface area contributed by atoms with Crippen molar-refractivity contribution in [3.8, 4) is 11.3 Å². The van der Waals surface area contributed by atoms with Crippen LogP contribution in [0.15, 0.2) is 57.8 Å². The van der Waals surface area contributed by atoms with E-state index < -0.39 is 0 Å². The zero-order valence-corrected chi connectivity index (χ0v) is 15.8. The summed E-state index contributed by atoms with van der Waals surface area (Å²) in [6.45, 7) is 1.92. The quantitative estimate of drug-likeness (QED) is 0.530. The van der Waals surface area contributed by atoms with Gasteiger partial charge in [0.2, 0.25) is 0 Å². The summed E-state index contributed by atoms with van der Waals surface area (Å²) >= 11 is 3.41. The maximum Gasteiger partial charge on any atom is 0.257 e. The largest absolute Gasteiger partial charge is 0.360 e. The van der Waals surface area contributed by atoms with E-state index >= 15 is 0 Å². The highest BCUT2D eigenvalue weighted by Gasteiger charge is 2.21. The van der Waals surface area contributed by atoms with Gasteiger partial charge in [0, 0.05) is 22.4 Å². The zero-order valence-electron chi connectivity index (χ0n) is 14.2. The van der Waals surface area contributed by atoms with Gasteiger partial charge in [-0.05, 0) is 59.3 Å². The summed E-state index contributed by atoms with van der Waals surface area (Å²) in [5, 5.41) is 6.79. The van der Waals surface area contributed by atoms with Crippen molar-refractivity contribution >= 4 is 27.5 Å². The Kier molecular flexibility index (Phi) is 4.49. The van der Waals surface area contributed by atoms with Gasteiger partial charge < -0.3 is 14.2 Å². The van der Waals surface area contributed by atoms with Gasteiger partial charge in [-0.15, -0.1) is 0 Å². The monoisotopic (exact) mass is 428 g/mol. The number of imidazole rings is 1. The van der Waals surface area contributed by atoms with Crippen LogP contribution in [0.2, 0.25) is 0 Å². The second-order valence-corrected chi connectivity index (χ2v) is 6.91. The van der Waals surface area contributed by atoms with E-state index in [9.17, 15) is 9.18 Å². The van der Waals surface area contributed by atoms with E-state index in [0.29, 0.717) is 22.6 Å². The number of fused-ring (bicyclic) bond motifs is 1. The van der Waals surface area contributed by atoms with Gasteiger partial charge in [0.05, 0.1) is 12.2 Å². The first-order valence-corrected chi connectivity index (χ1v) is 8.94. The van der Waals surface area contributed by atoms with E-state index in [1.807, 2.05) is 28.9 Å². The molecule has 4 rings (SSSR count). The number of benzene rings is 1. The molecule has 0 unspecified atom stereocenters. The predicted molar refractivity (Wildman–Crippen MR) is 101 cm³/mol. The smallest absolute Gasteiger partial charge is 0.257 e. The lowest BCUT2D eigenvalue weighted by molar-refractivity contribution is 0.0949. The number of amides is 1. The third-order valence-electron chi connectivity index (χ3n) is 4.10. The Hall–Kier alpha value is -3.00. The standard InChI is InChI=1S/C19H14BrFN4O2/c1-11-17(18(24-27-11)12-2-5-14(21)6-3-12)19(26)22-8-15-10-25-9-13(20)4-7-16(25)23-15/h2-7,9-10H,8H2,1H3,(H,22,26). The summed E-state index contributed by atoms with van der Waals surface area (Å²) in [6, 6.07) is 9.53. The molecule has 3 heterocycles. The fourth-order valence-electron chi connectivity index (χ4n) is 2.81. The predicted octanol–water partition coefficient (Wildman–Crippen LogP) is 4.13. The molecular formula is C19H14BrFN4O2. The third kappa shape index (κ3) is 3.48. The fraction of sp³-hybridized carbons (Fsp3) is 0.105. The van der Waals surface area contributed by atoms with Gasteiger partial charge in [0.15, 0.2) is 0 Å². The summed E-state index contributed by atoms with van der Waals surface area (Å²) in [5.41, 5.74) is 2.82. The van der Waals surface area contributed by atoms with Gasteiger partial charge in [-0.2, -0.15) is 0 Å². The van der Waals surface area contributed by atoms with Crippen molar-refractivity contribution in [2.45, 2.75) is 13.5 Å². The number of carbonyl (C=O) groups excluding carboxylic acids is 1. The summed E-state index contributed by atoms with van der Waals surface area (Å²) < 4.78 is 21.2. The summed E-state index contributed by atoms with van der Waals surface area (Å²) in [5.74, 6) is -0.291. The van der Waals surface area contributed by atoms with E-state index in [-0.39, 0.29) is 18.3 Å². The number of aryl methyl sites for hydroxylation is 1. The molecule has 0 saturated heterocycles. The van der Waals surface area contributed by atoms with Gasteiger partial charge >= 0.3 is 0 Å². The molecule has 1 aromatic carbocycles. The summed E-state index contributed by atoms with van der Waals surface area (Å²) in [7, 11) is 0. The van der Waals surface area contributed by atoms with Crippen LogP contribution in [-0.4, -0.2) is 20.4 Å². The average molecular weight is 429 g/mol. The van der Waals surface area contributed by atoms with Crippen LogP contribution in [0.3, 0.4) is 0 Å². The molecule has 4 aromatic rings. The average Bonchev–Trinajstić information content (AvgIpc) is 3.23. The highest BCUT2D eigenvalue weighted by Crippen LogP contribution is 2.25. The highest BCUT2D eigenvalue weighted by atomic mass is 79.9. The molecule has 0 aliphatic rings. The Bertz CT molecular complexity index is 1130. The van der Waals surface area contributed by atoms with Crippen molar-refractivity contribution in [2.75, 3.05) is 0 Å². The maximum absolute atomic E-state index is 13.2. The third-order valence-corrected chi connectivity index (χ3v) is 4.57. The van der Waals surface area contributed by atoms with Crippen LogP contribution in [0.4, 0.5) is 4.39 Å². The minimum absolute atomic E-state index is 0.256. The lowest BCUT2D eigenvalue weighted by Crippen LogP contribution is -2.23. The van der Waals surface area contributed by atoms with Crippen LogP contribution in [0, 0.1) is 12.7 Å². The zero-order chi connectivity index (χ0) is 19.0. The second-order valence-electron chi connectivity index (χ2n) is 6.00. The van der Waals surface area contributed by atoms with E-state index in [4.69, 9.17) is 4.52 Å². The van der Waals surface area contributed by atoms with E-state index in [0.717, 1.165) is 15.8 Å². The molecule has 6 nitrogen and oxygen atoms in total. The second kappa shape index (κ2) is 6.96.